The lowest BCUT2D eigenvalue weighted by atomic mass is 9.98. The molecule has 0 spiro atoms. The monoisotopic (exact) mass is 238 g/mol. The van der Waals surface area contributed by atoms with Crippen molar-refractivity contribution in [2.45, 2.75) is 24.9 Å². The summed E-state index contributed by atoms with van der Waals surface area (Å²) in [6, 6.07) is 0. The van der Waals surface area contributed by atoms with Gasteiger partial charge in [-0.1, -0.05) is 6.08 Å². The molecule has 0 aromatic heterocycles. The number of carbonyl (C=O) groups excluding carboxylic acids is 1. The van der Waals surface area contributed by atoms with E-state index in [-0.39, 0.29) is 6.08 Å². The summed E-state index contributed by atoms with van der Waals surface area (Å²) < 4.78 is 83.7. The van der Waals surface area contributed by atoms with E-state index in [2.05, 4.69) is 0 Å². The Morgan fingerprint density at radius 2 is 1.27 bits per heavy atom. The molecular formula is C7H5F7O. The Hall–Kier alpha value is -1.08. The summed E-state index contributed by atoms with van der Waals surface area (Å²) in [6.07, 6.45) is -12.2. The molecule has 0 heterocycles. The van der Waals surface area contributed by atoms with Gasteiger partial charge < -0.3 is 0 Å². The van der Waals surface area contributed by atoms with Crippen molar-refractivity contribution in [3.8, 4) is 0 Å². The maximum atomic E-state index is 12.7. The summed E-state index contributed by atoms with van der Waals surface area (Å²) in [5.74, 6) is -2.69. The lowest BCUT2D eigenvalue weighted by Crippen LogP contribution is -2.58. The van der Waals surface area contributed by atoms with E-state index >= 15 is 0 Å². The summed E-state index contributed by atoms with van der Waals surface area (Å²) in [6.45, 7) is 0.991. The zero-order valence-electron chi connectivity index (χ0n) is 7.21. The van der Waals surface area contributed by atoms with Crippen molar-refractivity contribution in [2.24, 2.45) is 0 Å². The van der Waals surface area contributed by atoms with Gasteiger partial charge in [-0.25, -0.2) is 4.39 Å². The highest BCUT2D eigenvalue weighted by Gasteiger charge is 2.76. The quantitative estimate of drug-likeness (QED) is 0.534. The van der Waals surface area contributed by atoms with Gasteiger partial charge in [0.25, 0.3) is 0 Å². The maximum Gasteiger partial charge on any atom is 0.439 e. The third kappa shape index (κ3) is 2.29. The van der Waals surface area contributed by atoms with E-state index in [1.807, 2.05) is 0 Å². The predicted molar refractivity (Wildman–Crippen MR) is 35.8 cm³/mol. The Kier molecular flexibility index (Phi) is 3.55. The second kappa shape index (κ2) is 3.82. The van der Waals surface area contributed by atoms with Crippen LogP contribution in [0.3, 0.4) is 0 Å². The number of allylic oxidation sites excluding steroid dienone is 2. The van der Waals surface area contributed by atoms with Crippen LogP contribution in [0.15, 0.2) is 12.2 Å². The van der Waals surface area contributed by atoms with Gasteiger partial charge in [0.2, 0.25) is 5.78 Å². The third-order valence-corrected chi connectivity index (χ3v) is 1.44. The van der Waals surface area contributed by atoms with Gasteiger partial charge in [-0.2, -0.15) is 26.3 Å². The molecular weight excluding hydrogens is 233 g/mol. The number of ketones is 1. The molecule has 1 nitrogen and oxygen atoms in total. The average Bonchev–Trinajstić information content (AvgIpc) is 1.99. The van der Waals surface area contributed by atoms with Crippen LogP contribution in [0.1, 0.15) is 6.92 Å². The van der Waals surface area contributed by atoms with Crippen molar-refractivity contribution in [3.63, 3.8) is 0 Å². The molecule has 0 rings (SSSR count). The number of carbonyl (C=O) groups is 1. The van der Waals surface area contributed by atoms with Gasteiger partial charge >= 0.3 is 18.0 Å². The molecule has 0 radical (unpaired) electrons. The Labute approximate surface area is 79.6 Å². The van der Waals surface area contributed by atoms with Crippen LogP contribution in [0.4, 0.5) is 30.7 Å². The lowest BCUT2D eigenvalue weighted by Gasteiger charge is -2.27. The van der Waals surface area contributed by atoms with E-state index in [1.165, 1.54) is 0 Å². The molecule has 88 valence electrons. The van der Waals surface area contributed by atoms with Gasteiger partial charge in [0, 0.05) is 0 Å². The fourth-order valence-corrected chi connectivity index (χ4v) is 0.706. The second-order valence-corrected chi connectivity index (χ2v) is 2.52. The zero-order chi connectivity index (χ0) is 12.5. The summed E-state index contributed by atoms with van der Waals surface area (Å²) >= 11 is 0. The van der Waals surface area contributed by atoms with Gasteiger partial charge in [0.1, 0.15) is 0 Å². The van der Waals surface area contributed by atoms with Crippen molar-refractivity contribution in [1.82, 2.24) is 0 Å². The number of alkyl halides is 7. The van der Waals surface area contributed by atoms with Gasteiger partial charge in [0.15, 0.2) is 0 Å². The number of hydrogen-bond donors (Lipinski definition) is 0. The summed E-state index contributed by atoms with van der Waals surface area (Å²) in [5, 5.41) is 0. The van der Waals surface area contributed by atoms with Gasteiger partial charge in [-0.05, 0) is 13.0 Å². The second-order valence-electron chi connectivity index (χ2n) is 2.52. The lowest BCUT2D eigenvalue weighted by molar-refractivity contribution is -0.323. The molecule has 0 aliphatic rings. The van der Waals surface area contributed by atoms with E-state index in [4.69, 9.17) is 0 Å². The van der Waals surface area contributed by atoms with Crippen molar-refractivity contribution < 1.29 is 35.5 Å². The normalized spacial score (nSPS) is 14.7. The molecule has 8 heteroatoms. The number of hydrogen-bond acceptors (Lipinski definition) is 1. The molecule has 0 aliphatic heterocycles. The summed E-state index contributed by atoms with van der Waals surface area (Å²) in [7, 11) is 0. The topological polar surface area (TPSA) is 17.1 Å². The average molecular weight is 238 g/mol. The Bertz CT molecular complexity index is 258. The molecule has 0 aromatic carbocycles. The molecule has 15 heavy (non-hydrogen) atoms. The summed E-state index contributed by atoms with van der Waals surface area (Å²) in [4.78, 5) is 10.5. The van der Waals surface area contributed by atoms with Gasteiger partial charge in [0.05, 0.1) is 0 Å². The predicted octanol–water partition coefficient (Wildman–Crippen LogP) is 2.96. The summed E-state index contributed by atoms with van der Waals surface area (Å²) in [5.41, 5.74) is -5.84. The van der Waals surface area contributed by atoms with Crippen LogP contribution in [-0.4, -0.2) is 23.8 Å². The molecule has 0 N–H and O–H groups in total. The highest BCUT2D eigenvalue weighted by Crippen LogP contribution is 2.46. The van der Waals surface area contributed by atoms with Crippen LogP contribution in [0.5, 0.6) is 0 Å². The first-order chi connectivity index (χ1) is 6.48. The van der Waals surface area contributed by atoms with E-state index in [1.54, 1.807) is 0 Å². The van der Waals surface area contributed by atoms with Crippen LogP contribution in [-0.2, 0) is 4.79 Å². The van der Waals surface area contributed by atoms with E-state index < -0.39 is 23.8 Å². The third-order valence-electron chi connectivity index (χ3n) is 1.44. The van der Waals surface area contributed by atoms with E-state index in [9.17, 15) is 35.5 Å². The Morgan fingerprint density at radius 3 is 1.47 bits per heavy atom. The maximum absolute atomic E-state index is 12.7. The minimum Gasteiger partial charge on any atom is -0.290 e. The molecule has 0 atom stereocenters. The molecule has 0 unspecified atom stereocenters. The van der Waals surface area contributed by atoms with Crippen LogP contribution in [0.2, 0.25) is 0 Å². The molecule has 0 saturated heterocycles. The van der Waals surface area contributed by atoms with Gasteiger partial charge in [-0.3, -0.25) is 4.79 Å². The smallest absolute Gasteiger partial charge is 0.290 e. The first-order valence-corrected chi connectivity index (χ1v) is 3.48. The van der Waals surface area contributed by atoms with Crippen molar-refractivity contribution in [2.75, 3.05) is 0 Å². The SMILES string of the molecule is CC=CC(=O)C(F)(C(F)(F)F)C(F)(F)F. The van der Waals surface area contributed by atoms with Crippen LogP contribution in [0.25, 0.3) is 0 Å². The Morgan fingerprint density at radius 1 is 0.933 bits per heavy atom. The standard InChI is InChI=1S/C7H5F7O/c1-2-3-4(15)5(8,6(9,10)11)7(12,13)14/h2-3H,1H3. The largest absolute Gasteiger partial charge is 0.439 e. The molecule has 0 fully saturated rings. The van der Waals surface area contributed by atoms with Crippen molar-refractivity contribution in [3.05, 3.63) is 12.2 Å². The van der Waals surface area contributed by atoms with Crippen LogP contribution < -0.4 is 0 Å². The van der Waals surface area contributed by atoms with Crippen LogP contribution >= 0.6 is 0 Å². The number of rotatable bonds is 2. The fraction of sp³-hybridized carbons (Fsp3) is 0.571. The highest BCUT2D eigenvalue weighted by molar-refractivity contribution is 5.98. The first-order valence-electron chi connectivity index (χ1n) is 3.48. The minimum absolute atomic E-state index is 0.110. The van der Waals surface area contributed by atoms with Crippen molar-refractivity contribution in [1.29, 1.82) is 0 Å². The van der Waals surface area contributed by atoms with Crippen LogP contribution in [0, 0.1) is 0 Å². The van der Waals surface area contributed by atoms with Crippen molar-refractivity contribution >= 4 is 5.78 Å². The molecule has 0 aromatic rings. The number of halogens is 7. The zero-order valence-corrected chi connectivity index (χ0v) is 7.21. The van der Waals surface area contributed by atoms with E-state index in [0.717, 1.165) is 6.92 Å². The molecule has 0 saturated carbocycles. The first kappa shape index (κ1) is 13.9. The van der Waals surface area contributed by atoms with Gasteiger partial charge in [-0.15, -0.1) is 0 Å². The van der Waals surface area contributed by atoms with E-state index in [0.29, 0.717) is 6.08 Å². The molecule has 0 bridgehead atoms. The molecule has 0 amide bonds. The fourth-order valence-electron chi connectivity index (χ4n) is 0.706. The highest BCUT2D eigenvalue weighted by atomic mass is 19.4. The molecule has 0 aliphatic carbocycles. The Balaban J connectivity index is 5.53. The minimum atomic E-state index is -6.33.